The van der Waals surface area contributed by atoms with Crippen LogP contribution in [0.15, 0.2) is 18.2 Å². The van der Waals surface area contributed by atoms with E-state index in [2.05, 4.69) is 5.32 Å². The number of likely N-dealkylation sites (N-methyl/N-ethyl adjacent to an activating group) is 1. The third kappa shape index (κ3) is 3.18. The molecule has 0 aromatic heterocycles. The maximum atomic E-state index is 13.5. The number of nitrogens with one attached hydrogen (secondary N) is 1. The third-order valence-electron chi connectivity index (χ3n) is 4.03. The summed E-state index contributed by atoms with van der Waals surface area (Å²) in [6, 6.07) is 3.57. The average molecular weight is 283 g/mol. The molecule has 1 aliphatic carbocycles. The highest BCUT2D eigenvalue weighted by atomic mass is 19.1. The van der Waals surface area contributed by atoms with Crippen LogP contribution in [0.5, 0.6) is 0 Å². The summed E-state index contributed by atoms with van der Waals surface area (Å²) in [4.78, 5) is 0. The Bertz CT molecular complexity index is 424. The van der Waals surface area contributed by atoms with Crippen molar-refractivity contribution in [1.82, 2.24) is 5.32 Å². The average Bonchev–Trinajstić information content (AvgIpc) is 2.84. The highest BCUT2D eigenvalue weighted by Gasteiger charge is 2.42. The zero-order valence-corrected chi connectivity index (χ0v) is 12.2. The molecular weight excluding hydrogens is 260 g/mol. The lowest BCUT2D eigenvalue weighted by Crippen LogP contribution is -2.44. The van der Waals surface area contributed by atoms with Crippen molar-refractivity contribution in [2.24, 2.45) is 0 Å². The van der Waals surface area contributed by atoms with Crippen LogP contribution in [0, 0.1) is 11.6 Å². The van der Waals surface area contributed by atoms with Gasteiger partial charge in [-0.05, 0) is 44.0 Å². The van der Waals surface area contributed by atoms with Gasteiger partial charge >= 0.3 is 0 Å². The Balaban J connectivity index is 2.38. The van der Waals surface area contributed by atoms with Gasteiger partial charge in [0.1, 0.15) is 11.6 Å². The van der Waals surface area contributed by atoms with Gasteiger partial charge in [0, 0.05) is 12.7 Å². The molecule has 2 nitrogen and oxygen atoms in total. The number of hydrogen-bond acceptors (Lipinski definition) is 2. The summed E-state index contributed by atoms with van der Waals surface area (Å²) in [5, 5.41) is 3.36. The van der Waals surface area contributed by atoms with Crippen LogP contribution in [-0.4, -0.2) is 18.8 Å². The van der Waals surface area contributed by atoms with Crippen LogP contribution in [-0.2, 0) is 4.74 Å². The summed E-state index contributed by atoms with van der Waals surface area (Å²) in [5.41, 5.74) is 0.296. The Morgan fingerprint density at radius 3 is 2.25 bits per heavy atom. The minimum absolute atomic E-state index is 0.167. The molecular formula is C16H23F2NO. The predicted molar refractivity (Wildman–Crippen MR) is 75.6 cm³/mol. The largest absolute Gasteiger partial charge is 0.373 e. The molecule has 0 heterocycles. The predicted octanol–water partition coefficient (Wildman–Crippen LogP) is 3.96. The van der Waals surface area contributed by atoms with E-state index in [-0.39, 0.29) is 11.6 Å². The topological polar surface area (TPSA) is 21.3 Å². The molecule has 0 aliphatic heterocycles. The van der Waals surface area contributed by atoms with Crippen LogP contribution in [0.3, 0.4) is 0 Å². The van der Waals surface area contributed by atoms with E-state index in [0.717, 1.165) is 38.3 Å². The van der Waals surface area contributed by atoms with E-state index in [1.807, 2.05) is 13.8 Å². The maximum Gasteiger partial charge on any atom is 0.126 e. The maximum absolute atomic E-state index is 13.5. The normalized spacial score (nSPS) is 19.2. The molecule has 1 aliphatic rings. The van der Waals surface area contributed by atoms with E-state index in [0.29, 0.717) is 12.2 Å². The molecule has 1 fully saturated rings. The first-order chi connectivity index (χ1) is 9.61. The van der Waals surface area contributed by atoms with Gasteiger partial charge in [0.15, 0.2) is 0 Å². The zero-order chi connectivity index (χ0) is 14.6. The second-order valence-electron chi connectivity index (χ2n) is 5.40. The summed E-state index contributed by atoms with van der Waals surface area (Å²) in [6.45, 7) is 5.31. The lowest BCUT2D eigenvalue weighted by molar-refractivity contribution is -0.0624. The second kappa shape index (κ2) is 6.64. The fraction of sp³-hybridized carbons (Fsp3) is 0.625. The van der Waals surface area contributed by atoms with E-state index in [1.165, 1.54) is 12.1 Å². The number of hydrogen-bond donors (Lipinski definition) is 1. The molecule has 1 unspecified atom stereocenters. The lowest BCUT2D eigenvalue weighted by Gasteiger charge is -2.38. The molecule has 1 saturated carbocycles. The molecule has 1 aromatic rings. The Hall–Kier alpha value is -1.00. The minimum Gasteiger partial charge on any atom is -0.373 e. The summed E-state index contributed by atoms with van der Waals surface area (Å²) >= 11 is 0. The van der Waals surface area contributed by atoms with Crippen LogP contribution in [0.4, 0.5) is 8.78 Å². The highest BCUT2D eigenvalue weighted by Crippen LogP contribution is 2.43. The molecule has 0 saturated heterocycles. The van der Waals surface area contributed by atoms with E-state index in [4.69, 9.17) is 4.74 Å². The lowest BCUT2D eigenvalue weighted by atomic mass is 9.86. The SMILES string of the molecule is CCNC(c1cc(F)cc(F)c1)C1(OCC)CCCC1. The van der Waals surface area contributed by atoms with Crippen LogP contribution in [0.25, 0.3) is 0 Å². The smallest absolute Gasteiger partial charge is 0.126 e. The van der Waals surface area contributed by atoms with Gasteiger partial charge in [-0.25, -0.2) is 8.78 Å². The Kier molecular flexibility index (Phi) is 5.11. The van der Waals surface area contributed by atoms with Crippen molar-refractivity contribution in [3.05, 3.63) is 35.4 Å². The number of rotatable bonds is 6. The van der Waals surface area contributed by atoms with Gasteiger partial charge in [-0.15, -0.1) is 0 Å². The van der Waals surface area contributed by atoms with E-state index >= 15 is 0 Å². The van der Waals surface area contributed by atoms with Crippen molar-refractivity contribution < 1.29 is 13.5 Å². The molecule has 0 spiro atoms. The zero-order valence-electron chi connectivity index (χ0n) is 12.2. The van der Waals surface area contributed by atoms with Crippen molar-refractivity contribution in [3.8, 4) is 0 Å². The van der Waals surface area contributed by atoms with Crippen LogP contribution in [0.1, 0.15) is 51.1 Å². The first kappa shape index (κ1) is 15.4. The number of ether oxygens (including phenoxy) is 1. The van der Waals surface area contributed by atoms with Crippen molar-refractivity contribution >= 4 is 0 Å². The van der Waals surface area contributed by atoms with Gasteiger partial charge in [-0.1, -0.05) is 19.8 Å². The van der Waals surface area contributed by atoms with E-state index < -0.39 is 11.6 Å². The Labute approximate surface area is 119 Å². The van der Waals surface area contributed by atoms with Gasteiger partial charge in [0.05, 0.1) is 11.6 Å². The molecule has 2 rings (SSSR count). The number of halogens is 2. The number of benzene rings is 1. The quantitative estimate of drug-likeness (QED) is 0.853. The standard InChI is InChI=1S/C16H23F2NO/c1-3-19-15(12-9-13(17)11-14(18)10-12)16(20-4-2)7-5-6-8-16/h9-11,15,19H,3-8H2,1-2H3. The molecule has 1 N–H and O–H groups in total. The monoisotopic (exact) mass is 283 g/mol. The van der Waals surface area contributed by atoms with Gasteiger partial charge < -0.3 is 10.1 Å². The summed E-state index contributed by atoms with van der Waals surface area (Å²) in [5.74, 6) is -1.07. The van der Waals surface area contributed by atoms with Gasteiger partial charge in [0.2, 0.25) is 0 Å². The van der Waals surface area contributed by atoms with Crippen molar-refractivity contribution in [2.45, 2.75) is 51.2 Å². The molecule has 20 heavy (non-hydrogen) atoms. The van der Waals surface area contributed by atoms with E-state index in [9.17, 15) is 8.78 Å². The van der Waals surface area contributed by atoms with Crippen molar-refractivity contribution in [2.75, 3.05) is 13.2 Å². The van der Waals surface area contributed by atoms with Gasteiger partial charge in [-0.3, -0.25) is 0 Å². The van der Waals surface area contributed by atoms with Crippen molar-refractivity contribution in [3.63, 3.8) is 0 Å². The van der Waals surface area contributed by atoms with Gasteiger partial charge in [-0.2, -0.15) is 0 Å². The molecule has 4 heteroatoms. The fourth-order valence-corrected chi connectivity index (χ4v) is 3.33. The molecule has 0 bridgehead atoms. The summed E-state index contributed by atoms with van der Waals surface area (Å²) < 4.78 is 33.1. The van der Waals surface area contributed by atoms with Crippen LogP contribution < -0.4 is 5.32 Å². The summed E-state index contributed by atoms with van der Waals surface area (Å²) in [7, 11) is 0. The van der Waals surface area contributed by atoms with Gasteiger partial charge in [0.25, 0.3) is 0 Å². The molecule has 1 aromatic carbocycles. The third-order valence-corrected chi connectivity index (χ3v) is 4.03. The van der Waals surface area contributed by atoms with E-state index in [1.54, 1.807) is 0 Å². The van der Waals surface area contributed by atoms with Crippen LogP contribution >= 0.6 is 0 Å². The first-order valence-electron chi connectivity index (χ1n) is 7.44. The molecule has 0 amide bonds. The Morgan fingerprint density at radius 2 is 1.75 bits per heavy atom. The summed E-state index contributed by atoms with van der Waals surface area (Å²) in [6.07, 6.45) is 4.05. The fourth-order valence-electron chi connectivity index (χ4n) is 3.33. The minimum atomic E-state index is -0.535. The Morgan fingerprint density at radius 1 is 1.15 bits per heavy atom. The highest BCUT2D eigenvalue weighted by molar-refractivity contribution is 5.25. The first-order valence-corrected chi connectivity index (χ1v) is 7.44. The molecule has 0 radical (unpaired) electrons. The van der Waals surface area contributed by atoms with Crippen LogP contribution in [0.2, 0.25) is 0 Å². The molecule has 1 atom stereocenters. The second-order valence-corrected chi connectivity index (χ2v) is 5.40. The molecule has 112 valence electrons. The van der Waals surface area contributed by atoms with Crippen molar-refractivity contribution in [1.29, 1.82) is 0 Å².